The van der Waals surface area contributed by atoms with E-state index in [1.165, 1.54) is 0 Å². The number of nitrogens with zero attached hydrogens (tertiary/aromatic N) is 1. The van der Waals surface area contributed by atoms with Gasteiger partial charge in [-0.3, -0.25) is 4.79 Å². The maximum atomic E-state index is 12.1. The van der Waals surface area contributed by atoms with Crippen molar-refractivity contribution in [3.63, 3.8) is 0 Å². The fourth-order valence-electron chi connectivity index (χ4n) is 1.90. The van der Waals surface area contributed by atoms with Crippen molar-refractivity contribution in [2.24, 2.45) is 5.92 Å². The summed E-state index contributed by atoms with van der Waals surface area (Å²) in [6.45, 7) is 1.77. The molecule has 2 heteroatoms. The first-order valence-electron chi connectivity index (χ1n) is 5.63. The zero-order valence-corrected chi connectivity index (χ0v) is 9.68. The van der Waals surface area contributed by atoms with Gasteiger partial charge >= 0.3 is 0 Å². The molecule has 0 spiro atoms. The molecule has 0 amide bonds. The molecule has 0 heterocycles. The number of hydrogen-bond acceptors (Lipinski definition) is 2. The summed E-state index contributed by atoms with van der Waals surface area (Å²) in [5.41, 5.74) is 0.713. The van der Waals surface area contributed by atoms with Gasteiger partial charge in [-0.1, -0.05) is 42.5 Å². The molecule has 2 aromatic rings. The molecule has 84 valence electrons. The highest BCUT2D eigenvalue weighted by atomic mass is 16.1. The van der Waals surface area contributed by atoms with Gasteiger partial charge in [-0.25, -0.2) is 0 Å². The van der Waals surface area contributed by atoms with E-state index in [4.69, 9.17) is 5.26 Å². The van der Waals surface area contributed by atoms with E-state index in [1.807, 2.05) is 42.5 Å². The second-order valence-electron chi connectivity index (χ2n) is 4.18. The number of nitriles is 1. The van der Waals surface area contributed by atoms with E-state index in [0.717, 1.165) is 10.8 Å². The minimum Gasteiger partial charge on any atom is -0.294 e. The maximum absolute atomic E-state index is 12.1. The van der Waals surface area contributed by atoms with Gasteiger partial charge in [0.1, 0.15) is 0 Å². The standard InChI is InChI=1S/C15H13NO/c1-11(10-16)9-15(17)14-8-4-6-12-5-2-3-7-13(12)14/h2-8,11H,9H2,1H3. The molecule has 2 aromatic carbocycles. The van der Waals surface area contributed by atoms with Gasteiger partial charge in [-0.2, -0.15) is 5.26 Å². The molecule has 0 N–H and O–H groups in total. The average molecular weight is 223 g/mol. The SMILES string of the molecule is CC(C#N)CC(=O)c1cccc2ccccc12. The Kier molecular flexibility index (Phi) is 3.20. The van der Waals surface area contributed by atoms with Crippen LogP contribution >= 0.6 is 0 Å². The van der Waals surface area contributed by atoms with E-state index in [2.05, 4.69) is 6.07 Å². The summed E-state index contributed by atoms with van der Waals surface area (Å²) in [7, 11) is 0. The van der Waals surface area contributed by atoms with Crippen LogP contribution in [0.5, 0.6) is 0 Å². The Balaban J connectivity index is 2.42. The zero-order chi connectivity index (χ0) is 12.3. The lowest BCUT2D eigenvalue weighted by molar-refractivity contribution is 0.0974. The Morgan fingerprint density at radius 3 is 2.71 bits per heavy atom. The molecule has 17 heavy (non-hydrogen) atoms. The van der Waals surface area contributed by atoms with Crippen molar-refractivity contribution in [3.8, 4) is 6.07 Å². The molecule has 0 radical (unpaired) electrons. The monoisotopic (exact) mass is 223 g/mol. The fourth-order valence-corrected chi connectivity index (χ4v) is 1.90. The van der Waals surface area contributed by atoms with Gasteiger partial charge in [0.15, 0.2) is 5.78 Å². The van der Waals surface area contributed by atoms with E-state index < -0.39 is 0 Å². The number of hydrogen-bond donors (Lipinski definition) is 0. The van der Waals surface area contributed by atoms with E-state index in [1.54, 1.807) is 6.92 Å². The molecular weight excluding hydrogens is 210 g/mol. The van der Waals surface area contributed by atoms with E-state index in [0.29, 0.717) is 5.56 Å². The lowest BCUT2D eigenvalue weighted by Crippen LogP contribution is -2.05. The van der Waals surface area contributed by atoms with Crippen LogP contribution in [0.2, 0.25) is 0 Å². The minimum atomic E-state index is -0.235. The van der Waals surface area contributed by atoms with Crippen molar-refractivity contribution in [1.29, 1.82) is 5.26 Å². The highest BCUT2D eigenvalue weighted by molar-refractivity contribution is 6.08. The third-order valence-corrected chi connectivity index (χ3v) is 2.80. The summed E-state index contributed by atoms with van der Waals surface area (Å²) in [4.78, 5) is 12.1. The molecule has 0 aliphatic heterocycles. The molecule has 0 fully saturated rings. The van der Waals surface area contributed by atoms with Crippen LogP contribution in [-0.2, 0) is 0 Å². The molecule has 0 aromatic heterocycles. The Hall–Kier alpha value is -2.14. The number of carbonyl (C=O) groups is 1. The van der Waals surface area contributed by atoms with Gasteiger partial charge in [0.25, 0.3) is 0 Å². The average Bonchev–Trinajstić information content (AvgIpc) is 2.37. The van der Waals surface area contributed by atoms with Crippen LogP contribution in [0.3, 0.4) is 0 Å². The Morgan fingerprint density at radius 1 is 1.24 bits per heavy atom. The van der Waals surface area contributed by atoms with Crippen molar-refractivity contribution < 1.29 is 4.79 Å². The fraction of sp³-hybridized carbons (Fsp3) is 0.200. The third kappa shape index (κ3) is 2.34. The van der Waals surface area contributed by atoms with E-state index in [-0.39, 0.29) is 18.1 Å². The van der Waals surface area contributed by atoms with Gasteiger partial charge in [-0.15, -0.1) is 0 Å². The number of rotatable bonds is 3. The highest BCUT2D eigenvalue weighted by Crippen LogP contribution is 2.20. The Bertz CT molecular complexity index is 590. The number of fused-ring (bicyclic) bond motifs is 1. The van der Waals surface area contributed by atoms with Crippen molar-refractivity contribution in [2.75, 3.05) is 0 Å². The van der Waals surface area contributed by atoms with Crippen LogP contribution in [-0.4, -0.2) is 5.78 Å². The first kappa shape index (κ1) is 11.3. The molecule has 0 saturated carbocycles. The maximum Gasteiger partial charge on any atom is 0.164 e. The van der Waals surface area contributed by atoms with Crippen LogP contribution < -0.4 is 0 Å². The van der Waals surface area contributed by atoms with Crippen LogP contribution in [0.15, 0.2) is 42.5 Å². The van der Waals surface area contributed by atoms with Gasteiger partial charge < -0.3 is 0 Å². The van der Waals surface area contributed by atoms with Gasteiger partial charge in [0.2, 0.25) is 0 Å². The van der Waals surface area contributed by atoms with Gasteiger partial charge in [-0.05, 0) is 17.7 Å². The van der Waals surface area contributed by atoms with Crippen LogP contribution in [0.1, 0.15) is 23.7 Å². The number of ketones is 1. The largest absolute Gasteiger partial charge is 0.294 e. The van der Waals surface area contributed by atoms with Crippen molar-refractivity contribution in [3.05, 3.63) is 48.0 Å². The van der Waals surface area contributed by atoms with Crippen molar-refractivity contribution in [1.82, 2.24) is 0 Å². The van der Waals surface area contributed by atoms with Crippen LogP contribution in [0, 0.1) is 17.2 Å². The second kappa shape index (κ2) is 4.80. The molecule has 0 bridgehead atoms. The summed E-state index contributed by atoms with van der Waals surface area (Å²) in [5, 5.41) is 10.8. The summed E-state index contributed by atoms with van der Waals surface area (Å²) in [5.74, 6) is -0.197. The summed E-state index contributed by atoms with van der Waals surface area (Å²) >= 11 is 0. The first-order valence-corrected chi connectivity index (χ1v) is 5.63. The molecule has 0 aliphatic rings. The quantitative estimate of drug-likeness (QED) is 0.746. The van der Waals surface area contributed by atoms with Gasteiger partial charge in [0, 0.05) is 12.0 Å². The number of Topliss-reactive ketones (excluding diaryl/α,β-unsaturated/α-hetero) is 1. The molecule has 1 unspecified atom stereocenters. The lowest BCUT2D eigenvalue weighted by Gasteiger charge is -2.06. The van der Waals surface area contributed by atoms with Crippen LogP contribution in [0.4, 0.5) is 0 Å². The van der Waals surface area contributed by atoms with Crippen LogP contribution in [0.25, 0.3) is 10.8 Å². The van der Waals surface area contributed by atoms with E-state index in [9.17, 15) is 4.79 Å². The summed E-state index contributed by atoms with van der Waals surface area (Å²) in [6.07, 6.45) is 0.282. The smallest absolute Gasteiger partial charge is 0.164 e. The molecular formula is C15H13NO. The Labute approximate surface area is 100 Å². The number of benzene rings is 2. The Morgan fingerprint density at radius 2 is 1.94 bits per heavy atom. The second-order valence-corrected chi connectivity index (χ2v) is 4.18. The first-order chi connectivity index (χ1) is 8.22. The predicted octanol–water partition coefficient (Wildman–Crippen LogP) is 3.57. The zero-order valence-electron chi connectivity index (χ0n) is 9.68. The topological polar surface area (TPSA) is 40.9 Å². The molecule has 0 aliphatic carbocycles. The predicted molar refractivity (Wildman–Crippen MR) is 67.7 cm³/mol. The number of carbonyl (C=O) groups excluding carboxylic acids is 1. The summed E-state index contributed by atoms with van der Waals surface area (Å²) < 4.78 is 0. The third-order valence-electron chi connectivity index (χ3n) is 2.80. The molecule has 0 saturated heterocycles. The highest BCUT2D eigenvalue weighted by Gasteiger charge is 2.12. The molecule has 2 rings (SSSR count). The molecule has 1 atom stereocenters. The lowest BCUT2D eigenvalue weighted by atomic mass is 9.96. The van der Waals surface area contributed by atoms with Gasteiger partial charge in [0.05, 0.1) is 12.0 Å². The van der Waals surface area contributed by atoms with Crippen molar-refractivity contribution >= 4 is 16.6 Å². The normalized spacial score (nSPS) is 12.0. The van der Waals surface area contributed by atoms with Crippen molar-refractivity contribution in [2.45, 2.75) is 13.3 Å². The minimum absolute atomic E-state index is 0.0378. The molecule has 2 nitrogen and oxygen atoms in total. The van der Waals surface area contributed by atoms with E-state index >= 15 is 0 Å². The summed E-state index contributed by atoms with van der Waals surface area (Å²) in [6, 6.07) is 15.6.